The van der Waals surface area contributed by atoms with Crippen LogP contribution in [0, 0.1) is 0 Å². The molecule has 2 aromatic rings. The number of ether oxygens (including phenoxy) is 1. The molecular weight excluding hydrogens is 324 g/mol. The van der Waals surface area contributed by atoms with E-state index < -0.39 is 18.3 Å². The second-order valence-corrected chi connectivity index (χ2v) is 7.28. The van der Waals surface area contributed by atoms with Crippen molar-refractivity contribution >= 4 is 24.2 Å². The van der Waals surface area contributed by atoms with Gasteiger partial charge in [0.2, 0.25) is 5.88 Å². The minimum Gasteiger partial charge on any atom is -0.473 e. The fourth-order valence-corrected chi connectivity index (χ4v) is 2.56. The lowest BCUT2D eigenvalue weighted by atomic mass is 9.80. The normalized spacial score (nSPS) is 18.6. The summed E-state index contributed by atoms with van der Waals surface area (Å²) in [4.78, 5) is 4.31. The van der Waals surface area contributed by atoms with E-state index in [1.165, 1.54) is 0 Å². The molecule has 1 aliphatic heterocycles. The van der Waals surface area contributed by atoms with Crippen LogP contribution in [0.25, 0.3) is 0 Å². The number of hydrogen-bond donors (Lipinski definition) is 0. The standard InChI is InChI=1S/C18H21BClNO3/c1-17(2)18(3,4)24-19(23-17)14-10-11-15(20)21-16(14)22-12-13-8-6-5-7-9-13/h5-11H,12H2,1-4H3. The van der Waals surface area contributed by atoms with Gasteiger partial charge in [-0.1, -0.05) is 48.0 Å². The van der Waals surface area contributed by atoms with Crippen LogP contribution in [-0.4, -0.2) is 23.3 Å². The Balaban J connectivity index is 1.84. The van der Waals surface area contributed by atoms with E-state index in [0.29, 0.717) is 17.6 Å². The fraction of sp³-hybridized carbons (Fsp3) is 0.389. The summed E-state index contributed by atoms with van der Waals surface area (Å²) in [5, 5.41) is 0.373. The van der Waals surface area contributed by atoms with Crippen molar-refractivity contribution in [3.05, 3.63) is 53.2 Å². The van der Waals surface area contributed by atoms with Gasteiger partial charge < -0.3 is 14.0 Å². The van der Waals surface area contributed by atoms with Crippen molar-refractivity contribution in [1.29, 1.82) is 0 Å². The van der Waals surface area contributed by atoms with E-state index in [2.05, 4.69) is 4.98 Å². The molecule has 0 N–H and O–H groups in total. The SMILES string of the molecule is CC1(C)OB(c2ccc(Cl)nc2OCc2ccccc2)OC1(C)C. The first-order valence-corrected chi connectivity index (χ1v) is 8.35. The maximum Gasteiger partial charge on any atom is 0.500 e. The van der Waals surface area contributed by atoms with Crippen molar-refractivity contribution in [2.45, 2.75) is 45.5 Å². The third-order valence-electron chi connectivity index (χ3n) is 4.58. The molecule has 1 fully saturated rings. The Morgan fingerprint density at radius 3 is 2.25 bits per heavy atom. The van der Waals surface area contributed by atoms with Crippen molar-refractivity contribution in [1.82, 2.24) is 4.98 Å². The molecule has 6 heteroatoms. The third kappa shape index (κ3) is 3.43. The predicted octanol–water partition coefficient (Wildman–Crippen LogP) is 3.61. The summed E-state index contributed by atoms with van der Waals surface area (Å²) in [7, 11) is -0.537. The number of hydrogen-bond acceptors (Lipinski definition) is 4. The molecule has 0 atom stereocenters. The van der Waals surface area contributed by atoms with Gasteiger partial charge in [-0.25, -0.2) is 4.98 Å². The van der Waals surface area contributed by atoms with E-state index in [9.17, 15) is 0 Å². The average molecular weight is 346 g/mol. The van der Waals surface area contributed by atoms with E-state index >= 15 is 0 Å². The highest BCUT2D eigenvalue weighted by Crippen LogP contribution is 2.37. The number of halogens is 1. The highest BCUT2D eigenvalue weighted by Gasteiger charge is 2.52. The molecule has 0 spiro atoms. The number of pyridine rings is 1. The first kappa shape index (κ1) is 17.3. The van der Waals surface area contributed by atoms with Gasteiger partial charge in [0.25, 0.3) is 0 Å². The predicted molar refractivity (Wildman–Crippen MR) is 95.7 cm³/mol. The van der Waals surface area contributed by atoms with Gasteiger partial charge in [0.1, 0.15) is 11.8 Å². The molecule has 3 rings (SSSR count). The summed E-state index contributed by atoms with van der Waals surface area (Å²) >= 11 is 6.04. The van der Waals surface area contributed by atoms with E-state index in [0.717, 1.165) is 11.0 Å². The molecule has 4 nitrogen and oxygen atoms in total. The lowest BCUT2D eigenvalue weighted by molar-refractivity contribution is 0.00578. The maximum atomic E-state index is 6.10. The van der Waals surface area contributed by atoms with Crippen molar-refractivity contribution in [2.24, 2.45) is 0 Å². The molecule has 2 heterocycles. The van der Waals surface area contributed by atoms with E-state index in [-0.39, 0.29) is 0 Å². The quantitative estimate of drug-likeness (QED) is 0.627. The van der Waals surface area contributed by atoms with E-state index in [4.69, 9.17) is 25.6 Å². The van der Waals surface area contributed by atoms with Gasteiger partial charge >= 0.3 is 7.12 Å². The van der Waals surface area contributed by atoms with Crippen LogP contribution in [0.2, 0.25) is 5.15 Å². The van der Waals surface area contributed by atoms with Gasteiger partial charge in [-0.05, 0) is 39.3 Å². The van der Waals surface area contributed by atoms with Crippen LogP contribution in [0.3, 0.4) is 0 Å². The zero-order valence-corrected chi connectivity index (χ0v) is 15.1. The van der Waals surface area contributed by atoms with Gasteiger partial charge in [-0.3, -0.25) is 0 Å². The summed E-state index contributed by atoms with van der Waals surface area (Å²) in [5.41, 5.74) is 0.954. The van der Waals surface area contributed by atoms with Gasteiger partial charge in [0.15, 0.2) is 0 Å². The highest BCUT2D eigenvalue weighted by molar-refractivity contribution is 6.63. The smallest absolute Gasteiger partial charge is 0.473 e. The molecule has 0 unspecified atom stereocenters. The topological polar surface area (TPSA) is 40.6 Å². The van der Waals surface area contributed by atoms with Gasteiger partial charge in [0, 0.05) is 5.46 Å². The maximum absolute atomic E-state index is 6.10. The molecule has 0 saturated carbocycles. The first-order valence-electron chi connectivity index (χ1n) is 7.97. The third-order valence-corrected chi connectivity index (χ3v) is 4.79. The highest BCUT2D eigenvalue weighted by atomic mass is 35.5. The van der Waals surface area contributed by atoms with Gasteiger partial charge in [-0.2, -0.15) is 0 Å². The van der Waals surface area contributed by atoms with Crippen molar-refractivity contribution in [3.63, 3.8) is 0 Å². The second kappa shape index (κ2) is 6.39. The largest absolute Gasteiger partial charge is 0.500 e. The Kier molecular flexibility index (Phi) is 4.60. The van der Waals surface area contributed by atoms with Crippen molar-refractivity contribution in [2.75, 3.05) is 0 Å². The average Bonchev–Trinajstić information content (AvgIpc) is 2.74. The lowest BCUT2D eigenvalue weighted by Gasteiger charge is -2.32. The summed E-state index contributed by atoms with van der Waals surface area (Å²) in [6.45, 7) is 8.46. The molecule has 24 heavy (non-hydrogen) atoms. The number of aromatic nitrogens is 1. The molecule has 0 amide bonds. The van der Waals surface area contributed by atoms with Crippen LogP contribution in [0.1, 0.15) is 33.3 Å². The molecule has 1 saturated heterocycles. The number of nitrogens with zero attached hydrogens (tertiary/aromatic N) is 1. The molecule has 0 radical (unpaired) electrons. The molecule has 1 aromatic heterocycles. The Labute approximate surface area is 148 Å². The monoisotopic (exact) mass is 345 g/mol. The van der Waals surface area contributed by atoms with Crippen LogP contribution in [0.4, 0.5) is 0 Å². The minimum atomic E-state index is -0.537. The molecule has 0 aliphatic carbocycles. The van der Waals surface area contributed by atoms with Crippen molar-refractivity contribution < 1.29 is 14.0 Å². The van der Waals surface area contributed by atoms with E-state index in [1.54, 1.807) is 6.07 Å². The minimum absolute atomic E-state index is 0.373. The Bertz CT molecular complexity index is 705. The van der Waals surface area contributed by atoms with Crippen LogP contribution in [0.5, 0.6) is 5.88 Å². The van der Waals surface area contributed by atoms with Crippen molar-refractivity contribution in [3.8, 4) is 5.88 Å². The lowest BCUT2D eigenvalue weighted by Crippen LogP contribution is -2.41. The molecular formula is C18H21BClNO3. The molecule has 1 aromatic carbocycles. The zero-order chi connectivity index (χ0) is 17.4. The molecule has 126 valence electrons. The second-order valence-electron chi connectivity index (χ2n) is 6.89. The molecule has 0 bridgehead atoms. The summed E-state index contributed by atoms with van der Waals surface area (Å²) < 4.78 is 18.1. The van der Waals surface area contributed by atoms with Gasteiger partial charge in [0.05, 0.1) is 11.2 Å². The van der Waals surface area contributed by atoms with Crippen LogP contribution >= 0.6 is 11.6 Å². The summed E-state index contributed by atoms with van der Waals surface area (Å²) in [5.74, 6) is 0.435. The first-order chi connectivity index (χ1) is 11.3. The van der Waals surface area contributed by atoms with Crippen LogP contribution in [0.15, 0.2) is 42.5 Å². The summed E-state index contributed by atoms with van der Waals surface area (Å²) in [6, 6.07) is 13.5. The Morgan fingerprint density at radius 1 is 1.00 bits per heavy atom. The Morgan fingerprint density at radius 2 is 1.62 bits per heavy atom. The summed E-state index contributed by atoms with van der Waals surface area (Å²) in [6.07, 6.45) is 0. The fourth-order valence-electron chi connectivity index (χ4n) is 2.42. The molecule has 1 aliphatic rings. The number of benzene rings is 1. The number of rotatable bonds is 4. The Hall–Kier alpha value is -1.56. The van der Waals surface area contributed by atoms with E-state index in [1.807, 2.05) is 64.1 Å². The van der Waals surface area contributed by atoms with Gasteiger partial charge in [-0.15, -0.1) is 0 Å². The van der Waals surface area contributed by atoms with Crippen LogP contribution in [-0.2, 0) is 15.9 Å². The van der Waals surface area contributed by atoms with Crippen LogP contribution < -0.4 is 10.2 Å². The zero-order valence-electron chi connectivity index (χ0n) is 14.4.